The first-order chi connectivity index (χ1) is 56.4. The van der Waals surface area contributed by atoms with E-state index >= 15 is 4.79 Å². The van der Waals surface area contributed by atoms with E-state index in [0.717, 1.165) is 0 Å². The molecular formula is C85H160N20O15. The molecule has 120 heavy (non-hydrogen) atoms. The minimum absolute atomic E-state index is 0.0693. The predicted molar refractivity (Wildman–Crippen MR) is 465 cm³/mol. The zero-order valence-corrected chi connectivity index (χ0v) is 75.7. The molecule has 690 valence electrons. The van der Waals surface area contributed by atoms with Crippen LogP contribution in [-0.4, -0.2) is 217 Å². The van der Waals surface area contributed by atoms with E-state index in [2.05, 4.69) is 69.1 Å². The number of hydrogen-bond donors (Lipinski definition) is 19. The Kier molecular flexibility index (Phi) is 54.5. The number of nitrogens with zero attached hydrogens (tertiary/aromatic N) is 1. The molecule has 0 aromatic carbocycles. The van der Waals surface area contributed by atoms with E-state index in [1.807, 2.05) is 111 Å². The summed E-state index contributed by atoms with van der Waals surface area (Å²) < 4.78 is 0. The first-order valence-corrected chi connectivity index (χ1v) is 44.5. The topological polar surface area (TPSA) is 572 Å². The van der Waals surface area contributed by atoms with Crippen molar-refractivity contribution in [1.29, 1.82) is 0 Å². The van der Waals surface area contributed by atoms with E-state index in [-0.39, 0.29) is 163 Å². The van der Waals surface area contributed by atoms with Gasteiger partial charge in [0.25, 0.3) is 0 Å². The molecule has 35 heteroatoms. The van der Waals surface area contributed by atoms with Gasteiger partial charge in [-0.05, 0) is 241 Å². The van der Waals surface area contributed by atoms with E-state index in [1.54, 1.807) is 0 Å². The highest BCUT2D eigenvalue weighted by atomic mass is 16.2. The van der Waals surface area contributed by atoms with Crippen LogP contribution >= 0.6 is 0 Å². The van der Waals surface area contributed by atoms with Gasteiger partial charge in [-0.1, -0.05) is 111 Å². The average molecular weight is 1700 g/mol. The van der Waals surface area contributed by atoms with Gasteiger partial charge in [0.2, 0.25) is 88.6 Å². The number of nitrogens with two attached hydrogens (primary N) is 6. The van der Waals surface area contributed by atoms with Crippen LogP contribution in [-0.2, 0) is 71.9 Å². The molecule has 1 fully saturated rings. The van der Waals surface area contributed by atoms with Crippen LogP contribution in [0.4, 0.5) is 0 Å². The Morgan fingerprint density at radius 3 is 0.683 bits per heavy atom. The van der Waals surface area contributed by atoms with E-state index in [4.69, 9.17) is 34.4 Å². The van der Waals surface area contributed by atoms with Gasteiger partial charge in [0.1, 0.15) is 84.6 Å². The lowest BCUT2D eigenvalue weighted by molar-refractivity contribution is -0.143. The number of hydrogen-bond acceptors (Lipinski definition) is 20. The number of unbranched alkanes of at least 4 members (excludes halogenated alkanes) is 5. The van der Waals surface area contributed by atoms with Gasteiger partial charge in [0, 0.05) is 13.5 Å². The Hall–Kier alpha value is -8.15. The predicted octanol–water partition coefficient (Wildman–Crippen LogP) is 1.80. The second kappa shape index (κ2) is 59.6. The molecule has 0 radical (unpaired) electrons. The summed E-state index contributed by atoms with van der Waals surface area (Å²) in [5.41, 5.74) is 34.8. The maximum atomic E-state index is 15.1. The maximum Gasteiger partial charge on any atom is 0.245 e. The second-order valence-electron chi connectivity index (χ2n) is 36.0. The second-order valence-corrected chi connectivity index (χ2v) is 36.0. The molecule has 1 aliphatic rings. The third kappa shape index (κ3) is 44.6. The van der Waals surface area contributed by atoms with Crippen LogP contribution < -0.4 is 104 Å². The summed E-state index contributed by atoms with van der Waals surface area (Å²) in [7, 11) is 0. The standard InChI is InChI=1S/C85H160N20O15/c1-49(2)41-63(77(112)93-58(72(91)107)29-18-23-35-86)101-81(116)67(45-53(9)10)98-74(109)60(31-20-25-37-88)94-79(114)65(43-51(5)6)103-82(117)68(46-54(11)12)99-76(111)62(33-22-27-39-90)96-84(119)71-34-28-40-105(71)85(120)70(48-56(15)16)104-83(118)69(47-55(13)14)100-75(110)61(32-21-26-38-89)95-78(113)64(42-50(3)4)102-80(115)66(44-52(7)8)97-73(108)59(92-57(17)106)30-19-24-36-87/h49-56,58-71H,18-48,86-90H2,1-17H3,(H2,91,107)(H,92,106)(H,93,112)(H,94,114)(H,95,113)(H,96,119)(H,97,108)(H,98,109)(H,99,111)(H,100,110)(H,101,116)(H,102,115)(H,103,117)(H,104,118)/t58-,59-,60-,61-,62-,63-,64-,65-,66-,67-,68-,69-,70-,71-/m0/s1. The highest BCUT2D eigenvalue weighted by molar-refractivity contribution is 6.00. The van der Waals surface area contributed by atoms with E-state index in [1.165, 1.54) is 11.8 Å². The van der Waals surface area contributed by atoms with Gasteiger partial charge >= 0.3 is 0 Å². The maximum absolute atomic E-state index is 15.1. The number of primary amides is 1. The summed E-state index contributed by atoms with van der Waals surface area (Å²) >= 11 is 0. The Labute approximate surface area is 715 Å². The third-order valence-electron chi connectivity index (χ3n) is 20.5. The van der Waals surface area contributed by atoms with Gasteiger partial charge in [-0.2, -0.15) is 0 Å². The van der Waals surface area contributed by atoms with E-state index in [9.17, 15) is 67.1 Å². The zero-order valence-electron chi connectivity index (χ0n) is 75.7. The van der Waals surface area contributed by atoms with Crippen LogP contribution in [0.1, 0.15) is 278 Å². The van der Waals surface area contributed by atoms with Crippen LogP contribution in [0.2, 0.25) is 0 Å². The summed E-state index contributed by atoms with van der Waals surface area (Å²) in [6, 6.07) is -16.4. The number of carbonyl (C=O) groups excluding carboxylic acids is 15. The molecule has 14 atom stereocenters. The lowest BCUT2D eigenvalue weighted by atomic mass is 9.98. The number of rotatable bonds is 63. The molecule has 0 aromatic heterocycles. The summed E-state index contributed by atoms with van der Waals surface area (Å²) in [6.45, 7) is 32.6. The van der Waals surface area contributed by atoms with Crippen molar-refractivity contribution < 1.29 is 71.9 Å². The highest BCUT2D eigenvalue weighted by Gasteiger charge is 2.42. The molecule has 35 nitrogen and oxygen atoms in total. The molecule has 1 rings (SSSR count). The first kappa shape index (κ1) is 110. The molecular weight excluding hydrogens is 1540 g/mol. The Morgan fingerprint density at radius 1 is 0.267 bits per heavy atom. The van der Waals surface area contributed by atoms with Gasteiger partial charge in [-0.25, -0.2) is 0 Å². The van der Waals surface area contributed by atoms with Crippen molar-refractivity contribution in [2.24, 2.45) is 81.7 Å². The van der Waals surface area contributed by atoms with Crippen LogP contribution in [0.15, 0.2) is 0 Å². The zero-order chi connectivity index (χ0) is 91.1. The fraction of sp³-hybridized carbons (Fsp3) is 0.824. The van der Waals surface area contributed by atoms with Crippen LogP contribution in [0.5, 0.6) is 0 Å². The van der Waals surface area contributed by atoms with Gasteiger partial charge in [-0.15, -0.1) is 0 Å². The van der Waals surface area contributed by atoms with Crippen molar-refractivity contribution in [2.45, 2.75) is 363 Å². The largest absolute Gasteiger partial charge is 0.368 e. The van der Waals surface area contributed by atoms with Crippen LogP contribution in [0.3, 0.4) is 0 Å². The molecule has 0 unspecified atom stereocenters. The molecule has 1 heterocycles. The molecule has 0 bridgehead atoms. The van der Waals surface area contributed by atoms with Crippen LogP contribution in [0, 0.1) is 47.3 Å². The summed E-state index contributed by atoms with van der Waals surface area (Å²) in [6.07, 6.45) is 7.15. The average Bonchev–Trinajstić information content (AvgIpc) is 1.60. The Balaban J connectivity index is 3.70. The molecule has 0 aromatic rings. The molecule has 25 N–H and O–H groups in total. The lowest BCUT2D eigenvalue weighted by Gasteiger charge is -2.32. The first-order valence-electron chi connectivity index (χ1n) is 44.5. The Bertz CT molecular complexity index is 3180. The van der Waals surface area contributed by atoms with Crippen molar-refractivity contribution in [3.05, 3.63) is 0 Å². The third-order valence-corrected chi connectivity index (χ3v) is 20.5. The van der Waals surface area contributed by atoms with Crippen molar-refractivity contribution in [1.82, 2.24) is 74.0 Å². The number of amides is 15. The summed E-state index contributed by atoms with van der Waals surface area (Å²) in [5, 5.41) is 36.6. The SMILES string of the molecule is CC(=O)N[C@@H](CCCCN)C(=O)N[C@@H](CC(C)C)C(=O)N[C@@H](CC(C)C)C(=O)N[C@@H](CCCCN)C(=O)N[C@@H](CC(C)C)C(=O)N[C@@H](CC(C)C)C(=O)N1CCC[C@H]1C(=O)N[C@@H](CCCCN)C(=O)N[C@@H](CC(C)C)C(=O)N[C@@H](CC(C)C)C(=O)N[C@@H](CCCCN)C(=O)N[C@@H](CC(C)C)C(=O)N[C@@H](CC(C)C)C(=O)N[C@@H](CCCCN)C(N)=O. The van der Waals surface area contributed by atoms with Crippen molar-refractivity contribution in [2.75, 3.05) is 39.3 Å². The monoisotopic (exact) mass is 1700 g/mol. The molecule has 0 spiro atoms. The summed E-state index contributed by atoms with van der Waals surface area (Å²) in [5.74, 6) is -11.2. The van der Waals surface area contributed by atoms with E-state index < -0.39 is 173 Å². The fourth-order valence-electron chi connectivity index (χ4n) is 14.5. The quantitative estimate of drug-likeness (QED) is 0.0386. The Morgan fingerprint density at radius 2 is 0.458 bits per heavy atom. The molecule has 0 aliphatic carbocycles. The number of likely N-dealkylation sites (tertiary alicyclic amines) is 1. The number of carbonyl (C=O) groups is 15. The fourth-order valence-corrected chi connectivity index (χ4v) is 14.5. The van der Waals surface area contributed by atoms with Gasteiger partial charge in [-0.3, -0.25) is 71.9 Å². The smallest absolute Gasteiger partial charge is 0.245 e. The van der Waals surface area contributed by atoms with Crippen molar-refractivity contribution in [3.8, 4) is 0 Å². The molecule has 1 aliphatic heterocycles. The number of nitrogens with one attached hydrogen (secondary N) is 13. The molecule has 15 amide bonds. The van der Waals surface area contributed by atoms with Gasteiger partial charge in [0.15, 0.2) is 0 Å². The minimum atomic E-state index is -1.27. The van der Waals surface area contributed by atoms with Crippen molar-refractivity contribution in [3.63, 3.8) is 0 Å². The van der Waals surface area contributed by atoms with Crippen molar-refractivity contribution >= 4 is 88.6 Å². The lowest BCUT2D eigenvalue weighted by Crippen LogP contribution is -2.61. The van der Waals surface area contributed by atoms with Crippen LogP contribution in [0.25, 0.3) is 0 Å². The van der Waals surface area contributed by atoms with E-state index in [0.29, 0.717) is 83.7 Å². The highest BCUT2D eigenvalue weighted by Crippen LogP contribution is 2.24. The molecule has 1 saturated heterocycles. The minimum Gasteiger partial charge on any atom is -0.368 e. The summed E-state index contributed by atoms with van der Waals surface area (Å²) in [4.78, 5) is 215. The molecule has 0 saturated carbocycles. The van der Waals surface area contributed by atoms with Gasteiger partial charge in [0.05, 0.1) is 0 Å². The normalized spacial score (nSPS) is 16.2. The van der Waals surface area contributed by atoms with Gasteiger partial charge < -0.3 is 108 Å².